The molecule has 2 aromatic rings. The Labute approximate surface area is 170 Å². The molecule has 1 aromatic carbocycles. The molecule has 2 fully saturated rings. The smallest absolute Gasteiger partial charge is 0.134 e. The van der Waals surface area contributed by atoms with E-state index in [9.17, 15) is 10.4 Å². The lowest BCUT2D eigenvalue weighted by Gasteiger charge is -2.45. The number of benzene rings is 1. The Bertz CT molecular complexity index is 920. The quantitative estimate of drug-likeness (QED) is 0.755. The molecule has 0 spiro atoms. The van der Waals surface area contributed by atoms with E-state index in [4.69, 9.17) is 0 Å². The SMILES string of the molecule is CC1C[C@@H]2CNS[C@]2(O)C(/C=C/c2ccc(-c3ccccc3C#N)cn2)C1C. The van der Waals surface area contributed by atoms with Crippen molar-refractivity contribution in [3.63, 3.8) is 0 Å². The minimum absolute atomic E-state index is 0.0852. The van der Waals surface area contributed by atoms with E-state index in [2.05, 4.69) is 35.7 Å². The summed E-state index contributed by atoms with van der Waals surface area (Å²) in [5, 5.41) is 20.6. The maximum Gasteiger partial charge on any atom is 0.134 e. The van der Waals surface area contributed by atoms with E-state index in [1.165, 1.54) is 11.9 Å². The van der Waals surface area contributed by atoms with Gasteiger partial charge < -0.3 is 5.11 Å². The van der Waals surface area contributed by atoms with Gasteiger partial charge in [0.25, 0.3) is 0 Å². The third kappa shape index (κ3) is 3.37. The molecule has 2 aliphatic rings. The number of nitrogens with zero attached hydrogens (tertiary/aromatic N) is 2. The molecule has 4 nitrogen and oxygen atoms in total. The predicted octanol–water partition coefficient (Wildman–Crippen LogP) is 4.48. The van der Waals surface area contributed by atoms with Crippen LogP contribution in [0.15, 0.2) is 48.7 Å². The average Bonchev–Trinajstić information content (AvgIpc) is 3.09. The van der Waals surface area contributed by atoms with Crippen molar-refractivity contribution in [2.75, 3.05) is 6.54 Å². The van der Waals surface area contributed by atoms with Crippen molar-refractivity contribution in [1.82, 2.24) is 9.71 Å². The lowest BCUT2D eigenvalue weighted by molar-refractivity contribution is -0.0305. The van der Waals surface area contributed by atoms with E-state index >= 15 is 0 Å². The Balaban J connectivity index is 1.57. The molecule has 5 atom stereocenters. The molecule has 0 bridgehead atoms. The molecule has 1 saturated carbocycles. The zero-order chi connectivity index (χ0) is 19.7. The van der Waals surface area contributed by atoms with Crippen molar-refractivity contribution in [3.8, 4) is 17.2 Å². The van der Waals surface area contributed by atoms with Gasteiger partial charge in [-0.15, -0.1) is 0 Å². The lowest BCUT2D eigenvalue weighted by atomic mass is 9.67. The van der Waals surface area contributed by atoms with Gasteiger partial charge in [0.15, 0.2) is 0 Å². The van der Waals surface area contributed by atoms with Gasteiger partial charge in [-0.25, -0.2) is 0 Å². The number of aromatic nitrogens is 1. The average molecular weight is 392 g/mol. The van der Waals surface area contributed by atoms with Crippen molar-refractivity contribution in [1.29, 1.82) is 5.26 Å². The first kappa shape index (κ1) is 19.2. The fraction of sp³-hybridized carbons (Fsp3) is 0.391. The van der Waals surface area contributed by atoms with Gasteiger partial charge in [0.05, 0.1) is 17.3 Å². The lowest BCUT2D eigenvalue weighted by Crippen LogP contribution is -2.48. The highest BCUT2D eigenvalue weighted by molar-refractivity contribution is 7.98. The number of hydrogen-bond acceptors (Lipinski definition) is 5. The van der Waals surface area contributed by atoms with Crippen LogP contribution in [-0.4, -0.2) is 21.6 Å². The van der Waals surface area contributed by atoms with Crippen LogP contribution in [0.4, 0.5) is 0 Å². The number of aliphatic hydroxyl groups is 1. The second-order valence-electron chi connectivity index (χ2n) is 7.99. The first-order chi connectivity index (χ1) is 13.5. The van der Waals surface area contributed by atoms with Crippen molar-refractivity contribution in [2.24, 2.45) is 23.7 Å². The number of nitrogens with one attached hydrogen (secondary N) is 1. The minimum atomic E-state index is -0.742. The number of rotatable bonds is 3. The molecule has 5 heteroatoms. The Morgan fingerprint density at radius 2 is 2.11 bits per heavy atom. The Hall–Kier alpha value is -2.13. The third-order valence-electron chi connectivity index (χ3n) is 6.37. The summed E-state index contributed by atoms with van der Waals surface area (Å²) in [6.45, 7) is 5.39. The highest BCUT2D eigenvalue weighted by Gasteiger charge is 2.53. The van der Waals surface area contributed by atoms with Crippen LogP contribution in [0.3, 0.4) is 0 Å². The van der Waals surface area contributed by atoms with E-state index in [0.717, 1.165) is 29.8 Å². The summed E-state index contributed by atoms with van der Waals surface area (Å²) in [6.07, 6.45) is 7.03. The normalized spacial score (nSPS) is 32.2. The van der Waals surface area contributed by atoms with Crippen LogP contribution in [0.5, 0.6) is 0 Å². The molecule has 1 aromatic heterocycles. The van der Waals surface area contributed by atoms with Crippen molar-refractivity contribution >= 4 is 18.0 Å². The highest BCUT2D eigenvalue weighted by atomic mass is 32.2. The van der Waals surface area contributed by atoms with Gasteiger partial charge in [-0.3, -0.25) is 9.71 Å². The van der Waals surface area contributed by atoms with Gasteiger partial charge in [-0.05, 0) is 48.4 Å². The molecule has 2 N–H and O–H groups in total. The number of pyridine rings is 1. The zero-order valence-corrected chi connectivity index (χ0v) is 17.0. The molecule has 144 valence electrons. The van der Waals surface area contributed by atoms with Crippen LogP contribution >= 0.6 is 11.9 Å². The molecule has 2 heterocycles. The molecular weight excluding hydrogens is 366 g/mol. The summed E-state index contributed by atoms with van der Waals surface area (Å²) in [5.41, 5.74) is 3.34. The Morgan fingerprint density at radius 1 is 1.29 bits per heavy atom. The molecule has 1 saturated heterocycles. The van der Waals surface area contributed by atoms with E-state index in [1.54, 1.807) is 0 Å². The van der Waals surface area contributed by atoms with E-state index in [1.807, 2.05) is 48.7 Å². The molecule has 0 amide bonds. The monoisotopic (exact) mass is 391 g/mol. The second kappa shape index (κ2) is 7.71. The second-order valence-corrected chi connectivity index (χ2v) is 9.13. The molecule has 4 rings (SSSR count). The third-order valence-corrected chi connectivity index (χ3v) is 7.61. The summed E-state index contributed by atoms with van der Waals surface area (Å²) >= 11 is 1.48. The van der Waals surface area contributed by atoms with Crippen LogP contribution in [0.25, 0.3) is 17.2 Å². The van der Waals surface area contributed by atoms with Gasteiger partial charge in [0.1, 0.15) is 4.93 Å². The maximum absolute atomic E-state index is 11.3. The largest absolute Gasteiger partial charge is 0.377 e. The van der Waals surface area contributed by atoms with Gasteiger partial charge in [-0.2, -0.15) is 5.26 Å². The maximum atomic E-state index is 11.3. The standard InChI is InChI=1S/C23H25N3OS/c1-15-11-19-14-26-28-23(19,27)22(16(15)2)10-9-20-8-7-18(13-25-20)21-6-4-3-5-17(21)12-24/h3-10,13,15-16,19,22,26-27H,11,14H2,1-2H3/b10-9+/t15?,16?,19-,22?,23+/m1/s1. The van der Waals surface area contributed by atoms with Crippen molar-refractivity contribution < 1.29 is 5.11 Å². The van der Waals surface area contributed by atoms with Crippen molar-refractivity contribution in [3.05, 3.63) is 59.9 Å². The van der Waals surface area contributed by atoms with E-state index in [0.29, 0.717) is 17.4 Å². The zero-order valence-electron chi connectivity index (χ0n) is 16.2. The summed E-state index contributed by atoms with van der Waals surface area (Å²) in [6, 6.07) is 13.8. The molecule has 1 aliphatic carbocycles. The Morgan fingerprint density at radius 3 is 2.86 bits per heavy atom. The first-order valence-electron chi connectivity index (χ1n) is 9.80. The van der Waals surface area contributed by atoms with E-state index in [-0.39, 0.29) is 11.8 Å². The molecule has 1 aliphatic heterocycles. The summed E-state index contributed by atoms with van der Waals surface area (Å²) in [5.74, 6) is 1.36. The number of hydrogen-bond donors (Lipinski definition) is 2. The van der Waals surface area contributed by atoms with Gasteiger partial charge in [0.2, 0.25) is 0 Å². The van der Waals surface area contributed by atoms with Gasteiger partial charge in [-0.1, -0.05) is 44.2 Å². The first-order valence-corrected chi connectivity index (χ1v) is 10.6. The van der Waals surface area contributed by atoms with Crippen LogP contribution in [0.2, 0.25) is 0 Å². The minimum Gasteiger partial charge on any atom is -0.377 e. The fourth-order valence-corrected chi connectivity index (χ4v) is 5.78. The van der Waals surface area contributed by atoms with Crippen LogP contribution in [0.1, 0.15) is 31.5 Å². The summed E-state index contributed by atoms with van der Waals surface area (Å²) < 4.78 is 3.30. The van der Waals surface area contributed by atoms with Crippen LogP contribution < -0.4 is 4.72 Å². The fourth-order valence-electron chi connectivity index (χ4n) is 4.48. The molecule has 28 heavy (non-hydrogen) atoms. The summed E-state index contributed by atoms with van der Waals surface area (Å²) in [7, 11) is 0. The highest BCUT2D eigenvalue weighted by Crippen LogP contribution is 2.53. The predicted molar refractivity (Wildman–Crippen MR) is 114 cm³/mol. The van der Waals surface area contributed by atoms with Crippen molar-refractivity contribution in [2.45, 2.75) is 25.2 Å². The molecule has 3 unspecified atom stereocenters. The van der Waals surface area contributed by atoms with Gasteiger partial charge >= 0.3 is 0 Å². The van der Waals surface area contributed by atoms with Crippen LogP contribution in [0, 0.1) is 35.0 Å². The van der Waals surface area contributed by atoms with E-state index < -0.39 is 4.93 Å². The number of nitriles is 1. The van der Waals surface area contributed by atoms with Crippen LogP contribution in [-0.2, 0) is 0 Å². The summed E-state index contributed by atoms with van der Waals surface area (Å²) in [4.78, 5) is 3.82. The molecular formula is C23H25N3OS. The topological polar surface area (TPSA) is 68.9 Å². The molecule has 0 radical (unpaired) electrons. The Kier molecular flexibility index (Phi) is 5.29. The number of fused-ring (bicyclic) bond motifs is 1. The van der Waals surface area contributed by atoms with Gasteiger partial charge in [0, 0.05) is 35.7 Å².